The average molecular weight is 385 g/mol. The first-order valence-electron chi connectivity index (χ1n) is 8.20. The summed E-state index contributed by atoms with van der Waals surface area (Å²) in [6, 6.07) is 5.25. The molecule has 0 amide bonds. The van der Waals surface area contributed by atoms with Crippen molar-refractivity contribution in [2.45, 2.75) is 24.8 Å². The number of alkyl halides is 3. The van der Waals surface area contributed by atoms with Gasteiger partial charge in [0.15, 0.2) is 5.96 Å². The van der Waals surface area contributed by atoms with E-state index in [2.05, 4.69) is 20.3 Å². The molecule has 0 aliphatic heterocycles. The van der Waals surface area contributed by atoms with E-state index in [0.717, 1.165) is 42.0 Å². The Morgan fingerprint density at radius 1 is 1.27 bits per heavy atom. The minimum absolute atomic E-state index is 0.407. The molecule has 1 heterocycles. The Kier molecular flexibility index (Phi) is 7.83. The van der Waals surface area contributed by atoms with Crippen LogP contribution in [0.1, 0.15) is 23.2 Å². The van der Waals surface area contributed by atoms with Crippen LogP contribution in [0.25, 0.3) is 0 Å². The predicted molar refractivity (Wildman–Crippen MR) is 99.0 cm³/mol. The van der Waals surface area contributed by atoms with Gasteiger partial charge in [0.05, 0.1) is 11.9 Å². The molecule has 0 atom stereocenters. The predicted octanol–water partition coefficient (Wildman–Crippen LogP) is 3.20. The summed E-state index contributed by atoms with van der Waals surface area (Å²) < 4.78 is 37.5. The van der Waals surface area contributed by atoms with Gasteiger partial charge in [-0.2, -0.15) is 24.9 Å². The number of nitrogens with one attached hydrogen (secondary N) is 2. The third-order valence-electron chi connectivity index (χ3n) is 3.54. The Labute approximate surface area is 154 Å². The normalized spacial score (nSPS) is 12.3. The first-order valence-corrected chi connectivity index (χ1v) is 9.35. The van der Waals surface area contributed by atoms with Crippen molar-refractivity contribution >= 4 is 17.7 Å². The number of aromatic nitrogens is 2. The van der Waals surface area contributed by atoms with E-state index in [1.54, 1.807) is 24.3 Å². The highest BCUT2D eigenvalue weighted by atomic mass is 32.2. The Bertz CT molecular complexity index is 669. The third kappa shape index (κ3) is 7.38. The Morgan fingerprint density at radius 2 is 2.04 bits per heavy atom. The molecule has 4 N–H and O–H groups in total. The molecule has 0 spiro atoms. The molecule has 5 nitrogen and oxygen atoms in total. The lowest BCUT2D eigenvalue weighted by Gasteiger charge is -2.08. The van der Waals surface area contributed by atoms with Crippen LogP contribution in [-0.2, 0) is 18.3 Å². The van der Waals surface area contributed by atoms with Crippen LogP contribution in [0, 0.1) is 0 Å². The molecule has 0 saturated heterocycles. The lowest BCUT2D eigenvalue weighted by molar-refractivity contribution is -0.137. The van der Waals surface area contributed by atoms with Crippen LogP contribution in [0.5, 0.6) is 0 Å². The van der Waals surface area contributed by atoms with Gasteiger partial charge in [0.25, 0.3) is 0 Å². The molecule has 0 aliphatic carbocycles. The lowest BCUT2D eigenvalue weighted by Crippen LogP contribution is -2.33. The summed E-state index contributed by atoms with van der Waals surface area (Å²) in [5.41, 5.74) is 7.11. The fourth-order valence-corrected chi connectivity index (χ4v) is 3.00. The van der Waals surface area contributed by atoms with Crippen molar-refractivity contribution in [1.82, 2.24) is 15.3 Å². The number of aliphatic imine (C=N–C) groups is 1. The van der Waals surface area contributed by atoms with Crippen LogP contribution >= 0.6 is 11.8 Å². The molecule has 0 saturated carbocycles. The first kappa shape index (κ1) is 20.2. The van der Waals surface area contributed by atoms with Crippen molar-refractivity contribution in [3.05, 3.63) is 53.6 Å². The van der Waals surface area contributed by atoms with Crippen LogP contribution < -0.4 is 11.1 Å². The number of guanidine groups is 1. The smallest absolute Gasteiger partial charge is 0.370 e. The van der Waals surface area contributed by atoms with Gasteiger partial charge >= 0.3 is 6.18 Å². The van der Waals surface area contributed by atoms with E-state index in [1.807, 2.05) is 0 Å². The fourth-order valence-electron chi connectivity index (χ4n) is 2.18. The maximum atomic E-state index is 12.5. The number of benzene rings is 1. The van der Waals surface area contributed by atoms with Gasteiger partial charge in [-0.05, 0) is 30.5 Å². The first-order chi connectivity index (χ1) is 12.4. The molecule has 26 heavy (non-hydrogen) atoms. The second-order valence-electron chi connectivity index (χ2n) is 5.62. The number of rotatable bonds is 9. The summed E-state index contributed by atoms with van der Waals surface area (Å²) in [6.45, 7) is 1.29. The lowest BCUT2D eigenvalue weighted by atomic mass is 10.1. The number of aryl methyl sites for hydroxylation is 1. The van der Waals surface area contributed by atoms with Gasteiger partial charge in [0.2, 0.25) is 0 Å². The molecule has 0 aliphatic rings. The highest BCUT2D eigenvalue weighted by molar-refractivity contribution is 7.98. The Hall–Kier alpha value is -2.16. The number of nitrogens with two attached hydrogens (primary N) is 1. The molecule has 2 aromatic rings. The van der Waals surface area contributed by atoms with Gasteiger partial charge in [0, 0.05) is 36.5 Å². The zero-order chi connectivity index (χ0) is 18.8. The Balaban J connectivity index is 1.56. The number of halogens is 3. The number of thioether (sulfide) groups is 1. The quantitative estimate of drug-likeness (QED) is 0.352. The molecule has 1 aromatic carbocycles. The van der Waals surface area contributed by atoms with Gasteiger partial charge < -0.3 is 16.0 Å². The van der Waals surface area contributed by atoms with Crippen LogP contribution in [0.3, 0.4) is 0 Å². The summed E-state index contributed by atoms with van der Waals surface area (Å²) >= 11 is 1.62. The van der Waals surface area contributed by atoms with Crippen LogP contribution in [0.2, 0.25) is 0 Å². The zero-order valence-corrected chi connectivity index (χ0v) is 15.0. The molecular weight excluding hydrogens is 363 g/mol. The zero-order valence-electron chi connectivity index (χ0n) is 14.2. The largest absolute Gasteiger partial charge is 0.416 e. The van der Waals surface area contributed by atoms with Gasteiger partial charge in [-0.3, -0.25) is 4.99 Å². The van der Waals surface area contributed by atoms with Crippen LogP contribution in [0.4, 0.5) is 13.2 Å². The van der Waals surface area contributed by atoms with E-state index in [1.165, 1.54) is 12.1 Å². The van der Waals surface area contributed by atoms with Crippen molar-refractivity contribution in [3.63, 3.8) is 0 Å². The number of H-pyrrole nitrogens is 1. The van der Waals surface area contributed by atoms with Crippen LogP contribution in [-0.4, -0.2) is 34.8 Å². The average Bonchev–Trinajstić information content (AvgIpc) is 3.11. The van der Waals surface area contributed by atoms with Crippen molar-refractivity contribution in [1.29, 1.82) is 0 Å². The van der Waals surface area contributed by atoms with Gasteiger partial charge in [0.1, 0.15) is 0 Å². The molecular formula is C17H22F3N5S. The fraction of sp³-hybridized carbons (Fsp3) is 0.412. The van der Waals surface area contributed by atoms with E-state index >= 15 is 0 Å². The minimum Gasteiger partial charge on any atom is -0.370 e. The van der Waals surface area contributed by atoms with E-state index in [-0.39, 0.29) is 0 Å². The van der Waals surface area contributed by atoms with E-state index in [4.69, 9.17) is 5.73 Å². The maximum Gasteiger partial charge on any atom is 0.416 e. The molecule has 1 aromatic heterocycles. The number of nitrogens with zero attached hydrogens (tertiary/aromatic N) is 2. The highest BCUT2D eigenvalue weighted by Crippen LogP contribution is 2.29. The van der Waals surface area contributed by atoms with Crippen molar-refractivity contribution in [2.24, 2.45) is 10.7 Å². The number of hydrogen-bond acceptors (Lipinski definition) is 3. The van der Waals surface area contributed by atoms with E-state index in [0.29, 0.717) is 24.8 Å². The van der Waals surface area contributed by atoms with Crippen molar-refractivity contribution in [3.8, 4) is 0 Å². The number of imidazole rings is 1. The van der Waals surface area contributed by atoms with E-state index < -0.39 is 11.7 Å². The van der Waals surface area contributed by atoms with Gasteiger partial charge in [-0.1, -0.05) is 12.1 Å². The molecule has 0 unspecified atom stereocenters. The van der Waals surface area contributed by atoms with Crippen molar-refractivity contribution < 1.29 is 13.2 Å². The number of aromatic amines is 1. The molecule has 0 bridgehead atoms. The van der Waals surface area contributed by atoms with Crippen molar-refractivity contribution in [2.75, 3.05) is 18.8 Å². The maximum absolute atomic E-state index is 12.5. The second kappa shape index (κ2) is 10.1. The van der Waals surface area contributed by atoms with Gasteiger partial charge in [-0.15, -0.1) is 0 Å². The second-order valence-corrected chi connectivity index (χ2v) is 6.73. The molecule has 142 valence electrons. The van der Waals surface area contributed by atoms with Gasteiger partial charge in [-0.25, -0.2) is 4.98 Å². The van der Waals surface area contributed by atoms with Crippen LogP contribution in [0.15, 0.2) is 41.8 Å². The summed E-state index contributed by atoms with van der Waals surface area (Å²) in [4.78, 5) is 11.2. The molecule has 9 heteroatoms. The molecule has 2 rings (SSSR count). The molecule has 0 fully saturated rings. The SMILES string of the molecule is NC(=NCCCc1cnc[nH]1)NCCSCc1ccc(C(F)(F)F)cc1. The summed E-state index contributed by atoms with van der Waals surface area (Å²) in [5, 5.41) is 3.03. The standard InChI is InChI=1S/C17H22F3N5S/c18-17(19,20)14-5-3-13(4-6-14)11-26-9-8-24-16(21)23-7-1-2-15-10-22-12-25-15/h3-6,10,12H,1-2,7-9,11H2,(H,22,25)(H3,21,23,24). The Morgan fingerprint density at radius 3 is 2.69 bits per heavy atom. The summed E-state index contributed by atoms with van der Waals surface area (Å²) in [6.07, 6.45) is 0.911. The topological polar surface area (TPSA) is 79.1 Å². The van der Waals surface area contributed by atoms with E-state index in [9.17, 15) is 13.2 Å². The molecule has 0 radical (unpaired) electrons. The minimum atomic E-state index is -4.29. The number of hydrogen-bond donors (Lipinski definition) is 3. The monoisotopic (exact) mass is 385 g/mol. The summed E-state index contributed by atoms with van der Waals surface area (Å²) in [5.74, 6) is 1.84. The highest BCUT2D eigenvalue weighted by Gasteiger charge is 2.29. The summed E-state index contributed by atoms with van der Waals surface area (Å²) in [7, 11) is 0. The third-order valence-corrected chi connectivity index (χ3v) is 4.57.